The second-order valence-electron chi connectivity index (χ2n) is 3.96. The molecule has 1 aliphatic heterocycles. The van der Waals surface area contributed by atoms with E-state index in [9.17, 15) is 0 Å². The highest BCUT2D eigenvalue weighted by Gasteiger charge is 2.15. The Morgan fingerprint density at radius 1 is 1.33 bits per heavy atom. The van der Waals surface area contributed by atoms with Gasteiger partial charge in [0.2, 0.25) is 18.7 Å². The van der Waals surface area contributed by atoms with Gasteiger partial charge in [0.05, 0.1) is 0 Å². The molecule has 1 aliphatic rings. The van der Waals surface area contributed by atoms with E-state index in [1.165, 1.54) is 0 Å². The molecule has 0 radical (unpaired) electrons. The molecule has 0 amide bonds. The molecule has 21 heavy (non-hydrogen) atoms. The number of guanidine groups is 2. The second kappa shape index (κ2) is 7.95. The first kappa shape index (κ1) is 16.6. The zero-order valence-electron chi connectivity index (χ0n) is 12.4. The molecular weight excluding hydrogens is 274 g/mol. The summed E-state index contributed by atoms with van der Waals surface area (Å²) in [6.45, 7) is 2.17. The topological polar surface area (TPSA) is 119 Å². The summed E-state index contributed by atoms with van der Waals surface area (Å²) >= 11 is 0. The Hall–Kier alpha value is -2.48. The van der Waals surface area contributed by atoms with E-state index in [0.29, 0.717) is 5.75 Å². The van der Waals surface area contributed by atoms with Crippen LogP contribution in [0.2, 0.25) is 0 Å². The van der Waals surface area contributed by atoms with Gasteiger partial charge in [-0.2, -0.15) is 4.99 Å². The minimum absolute atomic E-state index is 0.125. The first-order chi connectivity index (χ1) is 10.0. The molecule has 0 saturated carbocycles. The molecule has 0 spiro atoms. The van der Waals surface area contributed by atoms with Crippen LogP contribution in [0.5, 0.6) is 11.5 Å². The van der Waals surface area contributed by atoms with Crippen molar-refractivity contribution in [2.45, 2.75) is 6.92 Å². The Morgan fingerprint density at radius 3 is 2.57 bits per heavy atom. The second-order valence-corrected chi connectivity index (χ2v) is 3.96. The normalized spacial score (nSPS) is 13.5. The van der Waals surface area contributed by atoms with Crippen LogP contribution in [0, 0.1) is 0 Å². The highest BCUT2D eigenvalue weighted by atomic mass is 16.7. The summed E-state index contributed by atoms with van der Waals surface area (Å²) < 4.78 is 10.5. The first-order valence-corrected chi connectivity index (χ1v) is 6.34. The summed E-state index contributed by atoms with van der Waals surface area (Å²) in [4.78, 5) is 9.34. The van der Waals surface area contributed by atoms with Gasteiger partial charge in [0, 0.05) is 32.5 Å². The molecule has 0 aromatic heterocycles. The lowest BCUT2D eigenvalue weighted by Crippen LogP contribution is -2.35. The molecule has 5 N–H and O–H groups in total. The standard InChI is InChI=1S/C11H15N5O2.C2H6O/c1-14-10(12)15-11(13)16(2)7-3-4-8-9(5-7)18-6-17-8;1-2-3/h3-5H,6H2,1-2H3,(H4,12,13,14,15);3H,2H2,1H3. The molecule has 8 heteroatoms. The van der Waals surface area contributed by atoms with Crippen molar-refractivity contribution >= 4 is 17.6 Å². The maximum absolute atomic E-state index is 7.57. The van der Waals surface area contributed by atoms with Crippen LogP contribution in [0.15, 0.2) is 28.2 Å². The number of fused-ring (bicyclic) bond motifs is 1. The number of ether oxygens (including phenoxy) is 2. The van der Waals surface area contributed by atoms with Crippen molar-refractivity contribution in [3.8, 4) is 11.5 Å². The number of nitrogens with zero attached hydrogens (tertiary/aromatic N) is 3. The lowest BCUT2D eigenvalue weighted by molar-refractivity contribution is 0.174. The number of anilines is 1. The highest BCUT2D eigenvalue weighted by Crippen LogP contribution is 2.35. The zero-order valence-corrected chi connectivity index (χ0v) is 12.4. The summed E-state index contributed by atoms with van der Waals surface area (Å²) in [6.07, 6.45) is 0. The molecule has 8 nitrogen and oxygen atoms in total. The number of rotatable bonds is 1. The first-order valence-electron chi connectivity index (χ1n) is 6.34. The third kappa shape index (κ3) is 4.53. The van der Waals surface area contributed by atoms with Crippen LogP contribution in [0.1, 0.15) is 6.92 Å². The largest absolute Gasteiger partial charge is 0.454 e. The molecule has 1 aromatic carbocycles. The third-order valence-electron chi connectivity index (χ3n) is 2.55. The maximum Gasteiger partial charge on any atom is 0.231 e. The number of benzene rings is 1. The molecule has 0 bridgehead atoms. The predicted molar refractivity (Wildman–Crippen MR) is 82.9 cm³/mol. The Kier molecular flexibility index (Phi) is 6.28. The van der Waals surface area contributed by atoms with Gasteiger partial charge < -0.3 is 30.9 Å². The lowest BCUT2D eigenvalue weighted by Gasteiger charge is -2.18. The minimum Gasteiger partial charge on any atom is -0.454 e. The van der Waals surface area contributed by atoms with Crippen LogP contribution in [-0.2, 0) is 0 Å². The molecule has 1 aromatic rings. The molecule has 1 heterocycles. The summed E-state index contributed by atoms with van der Waals surface area (Å²) in [6, 6.07) is 5.50. The van der Waals surface area contributed by atoms with Crippen molar-refractivity contribution < 1.29 is 14.6 Å². The predicted octanol–water partition coefficient (Wildman–Crippen LogP) is 0.109. The van der Waals surface area contributed by atoms with Crippen molar-refractivity contribution in [2.24, 2.45) is 21.5 Å². The van der Waals surface area contributed by atoms with E-state index in [2.05, 4.69) is 9.98 Å². The molecular formula is C13H21N5O3. The van der Waals surface area contributed by atoms with Crippen LogP contribution < -0.4 is 25.8 Å². The molecule has 116 valence electrons. The number of aliphatic hydroxyl groups excluding tert-OH is 1. The SMILES string of the molecule is CCO.CN=C(N)/N=C(\N)N(C)c1ccc2c(c1)OCO2. The average Bonchev–Trinajstić information content (AvgIpc) is 2.94. The molecule has 0 fully saturated rings. The van der Waals surface area contributed by atoms with E-state index >= 15 is 0 Å². The fraction of sp³-hybridized carbons (Fsp3) is 0.385. The Labute approximate surface area is 123 Å². The van der Waals surface area contributed by atoms with E-state index in [0.717, 1.165) is 11.4 Å². The van der Waals surface area contributed by atoms with Crippen LogP contribution >= 0.6 is 0 Å². The molecule has 0 unspecified atom stereocenters. The molecule has 0 atom stereocenters. The maximum atomic E-state index is 7.57. The van der Waals surface area contributed by atoms with E-state index < -0.39 is 0 Å². The average molecular weight is 295 g/mol. The van der Waals surface area contributed by atoms with Gasteiger partial charge in [-0.3, -0.25) is 4.99 Å². The number of aliphatic imine (C=N–C) groups is 2. The van der Waals surface area contributed by atoms with Gasteiger partial charge in [-0.1, -0.05) is 0 Å². The van der Waals surface area contributed by atoms with E-state index in [1.54, 1.807) is 25.9 Å². The third-order valence-corrected chi connectivity index (χ3v) is 2.55. The Bertz CT molecular complexity index is 531. The smallest absolute Gasteiger partial charge is 0.231 e. The summed E-state index contributed by atoms with van der Waals surface area (Å²) in [7, 11) is 3.33. The summed E-state index contributed by atoms with van der Waals surface area (Å²) in [5.41, 5.74) is 12.1. The van der Waals surface area contributed by atoms with Crippen LogP contribution in [0.4, 0.5) is 5.69 Å². The fourth-order valence-electron chi connectivity index (χ4n) is 1.47. The van der Waals surface area contributed by atoms with Crippen LogP contribution in [0.25, 0.3) is 0 Å². The Balaban J connectivity index is 0.000000677. The summed E-state index contributed by atoms with van der Waals surface area (Å²) in [5, 5.41) is 7.57. The van der Waals surface area contributed by atoms with Crippen molar-refractivity contribution in [1.82, 2.24) is 0 Å². The van der Waals surface area contributed by atoms with Crippen molar-refractivity contribution in [3.05, 3.63) is 18.2 Å². The van der Waals surface area contributed by atoms with E-state index in [1.807, 2.05) is 18.2 Å². The Morgan fingerprint density at radius 2 is 1.95 bits per heavy atom. The zero-order chi connectivity index (χ0) is 15.8. The number of nitrogens with two attached hydrogens (primary N) is 2. The minimum atomic E-state index is 0.125. The van der Waals surface area contributed by atoms with Gasteiger partial charge in [-0.05, 0) is 19.1 Å². The van der Waals surface area contributed by atoms with Gasteiger partial charge >= 0.3 is 0 Å². The highest BCUT2D eigenvalue weighted by molar-refractivity contribution is 6.01. The summed E-state index contributed by atoms with van der Waals surface area (Å²) in [5.74, 6) is 1.78. The van der Waals surface area contributed by atoms with Crippen LogP contribution in [0.3, 0.4) is 0 Å². The lowest BCUT2D eigenvalue weighted by atomic mass is 10.2. The van der Waals surface area contributed by atoms with E-state index in [-0.39, 0.29) is 25.3 Å². The molecule has 0 aliphatic carbocycles. The van der Waals surface area contributed by atoms with Crippen molar-refractivity contribution in [3.63, 3.8) is 0 Å². The van der Waals surface area contributed by atoms with Gasteiger partial charge in [-0.15, -0.1) is 0 Å². The quantitative estimate of drug-likeness (QED) is 0.500. The van der Waals surface area contributed by atoms with Gasteiger partial charge in [0.25, 0.3) is 0 Å². The van der Waals surface area contributed by atoms with Crippen LogP contribution in [-0.4, -0.2) is 44.5 Å². The number of aliphatic hydroxyl groups is 1. The molecule has 2 rings (SSSR count). The van der Waals surface area contributed by atoms with Gasteiger partial charge in [0.15, 0.2) is 11.5 Å². The monoisotopic (exact) mass is 295 g/mol. The van der Waals surface area contributed by atoms with E-state index in [4.69, 9.17) is 26.0 Å². The fourth-order valence-corrected chi connectivity index (χ4v) is 1.47. The molecule has 0 saturated heterocycles. The number of hydrogen-bond acceptors (Lipinski definition) is 4. The number of hydrogen-bond donors (Lipinski definition) is 3. The van der Waals surface area contributed by atoms with Crippen molar-refractivity contribution in [2.75, 3.05) is 32.4 Å². The van der Waals surface area contributed by atoms with Gasteiger partial charge in [0.1, 0.15) is 0 Å². The van der Waals surface area contributed by atoms with Gasteiger partial charge in [-0.25, -0.2) is 0 Å². The van der Waals surface area contributed by atoms with Crippen molar-refractivity contribution in [1.29, 1.82) is 0 Å².